The summed E-state index contributed by atoms with van der Waals surface area (Å²) in [6.45, 7) is 2.54. The molecule has 0 aliphatic rings. The van der Waals surface area contributed by atoms with Gasteiger partial charge in [0, 0.05) is 27.2 Å². The number of carbonyl (C=O) groups is 1. The first kappa shape index (κ1) is 28.2. The highest BCUT2D eigenvalue weighted by Gasteiger charge is 2.30. The molecular formula is C26H37NO8. The third kappa shape index (κ3) is 8.31. The van der Waals surface area contributed by atoms with Crippen LogP contribution in [0, 0.1) is 0 Å². The normalized spacial score (nSPS) is 11.7. The Morgan fingerprint density at radius 1 is 1.00 bits per heavy atom. The summed E-state index contributed by atoms with van der Waals surface area (Å²) in [6, 6.07) is 12.8. The summed E-state index contributed by atoms with van der Waals surface area (Å²) in [7, 11) is 6.22. The minimum absolute atomic E-state index is 0.0394. The van der Waals surface area contributed by atoms with Crippen molar-refractivity contribution in [3.8, 4) is 17.2 Å². The number of amides is 1. The first-order valence-corrected chi connectivity index (χ1v) is 11.5. The van der Waals surface area contributed by atoms with Crippen LogP contribution in [0.3, 0.4) is 0 Å². The second kappa shape index (κ2) is 15.1. The molecule has 0 spiro atoms. The second-order valence-corrected chi connectivity index (χ2v) is 7.66. The van der Waals surface area contributed by atoms with Crippen molar-refractivity contribution in [2.24, 2.45) is 0 Å². The van der Waals surface area contributed by atoms with Gasteiger partial charge in [-0.15, -0.1) is 0 Å². The van der Waals surface area contributed by atoms with E-state index >= 15 is 0 Å². The molecule has 1 N–H and O–H groups in total. The largest absolute Gasteiger partial charge is 0.497 e. The molecule has 0 radical (unpaired) electrons. The molecule has 0 bridgehead atoms. The average molecular weight is 492 g/mol. The lowest BCUT2D eigenvalue weighted by atomic mass is 9.96. The standard InChI is InChI=1S/C26H37NO8/c1-6-34-26(29)27(18-25(32-4)33-5)22(16-19-9-7-10-21(15-19)30-2)20-11-12-23(24(17-20)31-3)35-14-8-13-28/h7,9-12,15,17,22,25,28H,6,8,13-14,16,18H2,1-5H3. The molecule has 0 saturated carbocycles. The lowest BCUT2D eigenvalue weighted by Gasteiger charge is -2.33. The van der Waals surface area contributed by atoms with E-state index in [1.807, 2.05) is 36.4 Å². The smallest absolute Gasteiger partial charge is 0.410 e. The van der Waals surface area contributed by atoms with Crippen LogP contribution < -0.4 is 14.2 Å². The van der Waals surface area contributed by atoms with E-state index in [0.29, 0.717) is 30.9 Å². The van der Waals surface area contributed by atoms with Gasteiger partial charge < -0.3 is 33.5 Å². The van der Waals surface area contributed by atoms with E-state index in [4.69, 9.17) is 33.5 Å². The highest BCUT2D eigenvalue weighted by atomic mass is 16.7. The number of aliphatic hydroxyl groups excluding tert-OH is 1. The Labute approximate surface area is 207 Å². The van der Waals surface area contributed by atoms with Crippen molar-refractivity contribution >= 4 is 6.09 Å². The second-order valence-electron chi connectivity index (χ2n) is 7.66. The Bertz CT molecular complexity index is 903. The van der Waals surface area contributed by atoms with E-state index in [9.17, 15) is 4.79 Å². The van der Waals surface area contributed by atoms with Crippen LogP contribution in [0.5, 0.6) is 17.2 Å². The molecule has 194 valence electrons. The Morgan fingerprint density at radius 2 is 1.77 bits per heavy atom. The molecule has 2 aromatic carbocycles. The predicted molar refractivity (Wildman–Crippen MR) is 131 cm³/mol. The SMILES string of the molecule is CCOC(=O)N(CC(OC)OC)C(Cc1cccc(OC)c1)c1ccc(OCCCO)c(OC)c1. The monoisotopic (exact) mass is 491 g/mol. The Balaban J connectivity index is 2.52. The van der Waals surface area contributed by atoms with E-state index < -0.39 is 18.4 Å². The van der Waals surface area contributed by atoms with Crippen molar-refractivity contribution in [3.05, 3.63) is 53.6 Å². The van der Waals surface area contributed by atoms with Gasteiger partial charge in [-0.25, -0.2) is 4.79 Å². The van der Waals surface area contributed by atoms with Gasteiger partial charge in [0.15, 0.2) is 17.8 Å². The van der Waals surface area contributed by atoms with Gasteiger partial charge in [0.25, 0.3) is 0 Å². The lowest BCUT2D eigenvalue weighted by Crippen LogP contribution is -2.42. The highest BCUT2D eigenvalue weighted by Crippen LogP contribution is 2.35. The first-order chi connectivity index (χ1) is 17.0. The fourth-order valence-corrected chi connectivity index (χ4v) is 3.63. The average Bonchev–Trinajstić information content (AvgIpc) is 2.89. The first-order valence-electron chi connectivity index (χ1n) is 11.5. The number of benzene rings is 2. The molecule has 2 aromatic rings. The fourth-order valence-electron chi connectivity index (χ4n) is 3.63. The van der Waals surface area contributed by atoms with Crippen molar-refractivity contribution in [1.29, 1.82) is 0 Å². The van der Waals surface area contributed by atoms with Crippen LogP contribution in [0.4, 0.5) is 4.79 Å². The van der Waals surface area contributed by atoms with Gasteiger partial charge in [-0.1, -0.05) is 18.2 Å². The molecular weight excluding hydrogens is 454 g/mol. The number of carbonyl (C=O) groups excluding carboxylic acids is 1. The molecule has 35 heavy (non-hydrogen) atoms. The quantitative estimate of drug-likeness (QED) is 0.297. The van der Waals surface area contributed by atoms with Crippen LogP contribution in [0.1, 0.15) is 30.5 Å². The molecule has 0 aromatic heterocycles. The van der Waals surface area contributed by atoms with Gasteiger partial charge in [0.2, 0.25) is 0 Å². The van der Waals surface area contributed by atoms with Crippen LogP contribution in [0.15, 0.2) is 42.5 Å². The maximum absolute atomic E-state index is 13.1. The van der Waals surface area contributed by atoms with Crippen LogP contribution in [0.25, 0.3) is 0 Å². The maximum Gasteiger partial charge on any atom is 0.410 e. The van der Waals surface area contributed by atoms with Crippen molar-refractivity contribution in [3.63, 3.8) is 0 Å². The summed E-state index contributed by atoms with van der Waals surface area (Å²) in [6.07, 6.45) is -0.142. The lowest BCUT2D eigenvalue weighted by molar-refractivity contribution is -0.117. The van der Waals surface area contributed by atoms with Gasteiger partial charge in [0.1, 0.15) is 5.75 Å². The summed E-state index contributed by atoms with van der Waals surface area (Å²) in [4.78, 5) is 14.7. The maximum atomic E-state index is 13.1. The van der Waals surface area contributed by atoms with Crippen molar-refractivity contribution < 1.29 is 38.3 Å². The molecule has 1 amide bonds. The molecule has 0 aliphatic carbocycles. The number of hydrogen-bond donors (Lipinski definition) is 1. The van der Waals surface area contributed by atoms with E-state index in [1.165, 1.54) is 14.2 Å². The molecule has 1 unspecified atom stereocenters. The van der Waals surface area contributed by atoms with E-state index in [1.54, 1.807) is 32.1 Å². The van der Waals surface area contributed by atoms with Crippen LogP contribution >= 0.6 is 0 Å². The van der Waals surface area contributed by atoms with Gasteiger partial charge in [-0.3, -0.25) is 4.90 Å². The number of ether oxygens (including phenoxy) is 6. The van der Waals surface area contributed by atoms with Gasteiger partial charge in [-0.2, -0.15) is 0 Å². The molecule has 0 aliphatic heterocycles. The zero-order chi connectivity index (χ0) is 25.6. The third-order valence-corrected chi connectivity index (χ3v) is 5.45. The summed E-state index contributed by atoms with van der Waals surface area (Å²) in [5.74, 6) is 1.80. The van der Waals surface area contributed by atoms with Crippen LogP contribution in [-0.4, -0.2) is 77.2 Å². The minimum Gasteiger partial charge on any atom is -0.497 e. The number of aliphatic hydroxyl groups is 1. The molecule has 0 heterocycles. The van der Waals surface area contributed by atoms with E-state index in [2.05, 4.69) is 0 Å². The summed E-state index contributed by atoms with van der Waals surface area (Å²) >= 11 is 0. The van der Waals surface area contributed by atoms with Crippen molar-refractivity contribution in [2.75, 3.05) is 54.8 Å². The zero-order valence-corrected chi connectivity index (χ0v) is 21.2. The van der Waals surface area contributed by atoms with E-state index in [0.717, 1.165) is 16.9 Å². The molecule has 9 nitrogen and oxygen atoms in total. The number of hydrogen-bond acceptors (Lipinski definition) is 8. The number of methoxy groups -OCH3 is 4. The fraction of sp³-hybridized carbons (Fsp3) is 0.500. The minimum atomic E-state index is -0.643. The van der Waals surface area contributed by atoms with Gasteiger partial charge in [-0.05, 0) is 48.7 Å². The molecule has 0 saturated heterocycles. The Kier molecular flexibility index (Phi) is 12.2. The van der Waals surface area contributed by atoms with Gasteiger partial charge in [0.05, 0.1) is 40.0 Å². The zero-order valence-electron chi connectivity index (χ0n) is 21.2. The predicted octanol–water partition coefficient (Wildman–Crippen LogP) is 3.83. The summed E-state index contributed by atoms with van der Waals surface area (Å²) in [5, 5.41) is 9.04. The Hall–Kier alpha value is -3.01. The number of rotatable bonds is 15. The summed E-state index contributed by atoms with van der Waals surface area (Å²) in [5.41, 5.74) is 1.79. The third-order valence-electron chi connectivity index (χ3n) is 5.45. The van der Waals surface area contributed by atoms with Crippen molar-refractivity contribution in [1.82, 2.24) is 4.90 Å². The summed E-state index contributed by atoms with van der Waals surface area (Å²) < 4.78 is 32.9. The topological polar surface area (TPSA) is 95.9 Å². The van der Waals surface area contributed by atoms with Crippen LogP contribution in [-0.2, 0) is 20.6 Å². The Morgan fingerprint density at radius 3 is 2.40 bits per heavy atom. The van der Waals surface area contributed by atoms with Crippen molar-refractivity contribution in [2.45, 2.75) is 32.1 Å². The number of nitrogens with zero attached hydrogens (tertiary/aromatic N) is 1. The van der Waals surface area contributed by atoms with Crippen LogP contribution in [0.2, 0.25) is 0 Å². The molecule has 1 atom stereocenters. The molecule has 2 rings (SSSR count). The van der Waals surface area contributed by atoms with Gasteiger partial charge >= 0.3 is 6.09 Å². The van der Waals surface area contributed by atoms with E-state index in [-0.39, 0.29) is 19.8 Å². The molecule has 0 fully saturated rings. The highest BCUT2D eigenvalue weighted by molar-refractivity contribution is 5.68. The molecule has 9 heteroatoms.